The summed E-state index contributed by atoms with van der Waals surface area (Å²) in [6.45, 7) is 15.4. The predicted molar refractivity (Wildman–Crippen MR) is 93.2 cm³/mol. The van der Waals surface area contributed by atoms with Crippen molar-refractivity contribution < 1.29 is 30.4 Å². The summed E-state index contributed by atoms with van der Waals surface area (Å²) in [5.41, 5.74) is 0.609. The summed E-state index contributed by atoms with van der Waals surface area (Å²) >= 11 is 0. The Morgan fingerprint density at radius 3 is 1.78 bits per heavy atom. The monoisotopic (exact) mass is 339 g/mol. The maximum Gasteiger partial charge on any atom is 0.332 e. The SMILES string of the molecule is C=C(C)C(=O)O.C=C(C)C(=O)OC.C=CC(=O)OCCCC.[HH].[Na]. The first-order valence-electron chi connectivity index (χ1n) is 6.55. The van der Waals surface area contributed by atoms with Gasteiger partial charge in [-0.1, -0.05) is 33.1 Å². The first-order valence-corrected chi connectivity index (χ1v) is 6.55. The summed E-state index contributed by atoms with van der Waals surface area (Å²) in [6.07, 6.45) is 3.15. The molecule has 0 rings (SSSR count). The summed E-state index contributed by atoms with van der Waals surface area (Å²) < 4.78 is 8.95. The number of carbonyl (C=O) groups is 3. The van der Waals surface area contributed by atoms with Crippen molar-refractivity contribution >= 4 is 47.5 Å². The molecule has 0 atom stereocenters. The molecule has 0 amide bonds. The van der Waals surface area contributed by atoms with Gasteiger partial charge in [-0.15, -0.1) is 0 Å². The van der Waals surface area contributed by atoms with Crippen LogP contribution in [0.15, 0.2) is 37.0 Å². The fraction of sp³-hybridized carbons (Fsp3) is 0.438. The van der Waals surface area contributed by atoms with Gasteiger partial charge >= 0.3 is 17.9 Å². The first kappa shape index (κ1) is 29.6. The molecule has 0 bridgehead atoms. The smallest absolute Gasteiger partial charge is 0.332 e. The standard InChI is InChI=1S/C7H12O2.C5H8O2.C4H6O2.Na.H2/c1-3-5-6-9-7(8)4-2;1-4(2)5(6)7-3;1-3(2)4(5)6;;/h4H,2-3,5-6H2,1H3;1H2,2-3H3;1H2,2H3,(H,5,6);;1H. The second-order valence-corrected chi connectivity index (χ2v) is 4.08. The van der Waals surface area contributed by atoms with Crippen LogP contribution in [0.25, 0.3) is 0 Å². The van der Waals surface area contributed by atoms with E-state index in [0.29, 0.717) is 12.2 Å². The average molecular weight is 339 g/mol. The van der Waals surface area contributed by atoms with Crippen molar-refractivity contribution in [2.45, 2.75) is 33.6 Å². The molecule has 0 aromatic carbocycles. The van der Waals surface area contributed by atoms with E-state index in [1.165, 1.54) is 20.1 Å². The topological polar surface area (TPSA) is 89.9 Å². The Morgan fingerprint density at radius 1 is 1.17 bits per heavy atom. The van der Waals surface area contributed by atoms with Crippen molar-refractivity contribution in [2.24, 2.45) is 0 Å². The Bertz CT molecular complexity index is 395. The molecule has 0 saturated heterocycles. The fourth-order valence-electron chi connectivity index (χ4n) is 0.550. The van der Waals surface area contributed by atoms with Gasteiger partial charge in [0.05, 0.1) is 13.7 Å². The van der Waals surface area contributed by atoms with E-state index in [2.05, 4.69) is 29.2 Å². The van der Waals surface area contributed by atoms with Crippen LogP contribution in [-0.2, 0) is 23.9 Å². The zero-order chi connectivity index (χ0) is 18.1. The van der Waals surface area contributed by atoms with Gasteiger partial charge in [-0.2, -0.15) is 0 Å². The molecule has 1 N–H and O–H groups in total. The summed E-state index contributed by atoms with van der Waals surface area (Å²) in [4.78, 5) is 30.1. The molecule has 0 heterocycles. The molecule has 129 valence electrons. The summed E-state index contributed by atoms with van der Waals surface area (Å²) in [5.74, 6) is -1.61. The number of esters is 2. The molecule has 0 aromatic rings. The van der Waals surface area contributed by atoms with Gasteiger partial charge in [-0.25, -0.2) is 14.4 Å². The number of unbranched alkanes of at least 4 members (excludes halogenated alkanes) is 1. The quantitative estimate of drug-likeness (QED) is 0.346. The number of methoxy groups -OCH3 is 1. The normalized spacial score (nSPS) is 7.65. The molecule has 1 radical (unpaired) electrons. The Kier molecular flexibility index (Phi) is 26.6. The fourth-order valence-corrected chi connectivity index (χ4v) is 0.550. The van der Waals surface area contributed by atoms with Gasteiger partial charge in [0.15, 0.2) is 0 Å². The van der Waals surface area contributed by atoms with E-state index in [-0.39, 0.29) is 48.5 Å². The molecule has 0 aliphatic carbocycles. The van der Waals surface area contributed by atoms with E-state index >= 15 is 0 Å². The average Bonchev–Trinajstić information content (AvgIpc) is 2.47. The molecule has 0 saturated carbocycles. The van der Waals surface area contributed by atoms with Crippen molar-refractivity contribution in [1.29, 1.82) is 0 Å². The number of carbonyl (C=O) groups excluding carboxylic acids is 2. The van der Waals surface area contributed by atoms with E-state index in [4.69, 9.17) is 5.11 Å². The molecule has 0 spiro atoms. The Labute approximate surface area is 162 Å². The summed E-state index contributed by atoms with van der Waals surface area (Å²) in [5, 5.41) is 7.89. The minimum atomic E-state index is -0.935. The van der Waals surface area contributed by atoms with Crippen LogP contribution >= 0.6 is 0 Å². The number of carboxylic acids is 1. The molecule has 6 nitrogen and oxygen atoms in total. The summed E-state index contributed by atoms with van der Waals surface area (Å²) in [6, 6.07) is 0. The van der Waals surface area contributed by atoms with Gasteiger partial charge < -0.3 is 14.6 Å². The van der Waals surface area contributed by atoms with Crippen LogP contribution in [0.1, 0.15) is 35.0 Å². The third-order valence-corrected chi connectivity index (χ3v) is 1.81. The zero-order valence-corrected chi connectivity index (χ0v) is 16.8. The van der Waals surface area contributed by atoms with Crippen molar-refractivity contribution in [1.82, 2.24) is 0 Å². The van der Waals surface area contributed by atoms with Gasteiger partial charge in [0.2, 0.25) is 0 Å². The van der Waals surface area contributed by atoms with Crippen LogP contribution in [0, 0.1) is 0 Å². The number of hydrogen-bond donors (Lipinski definition) is 1. The molecule has 0 aliphatic rings. The van der Waals surface area contributed by atoms with Crippen molar-refractivity contribution in [3.8, 4) is 0 Å². The van der Waals surface area contributed by atoms with Crippen LogP contribution in [-0.4, -0.2) is 66.3 Å². The number of aliphatic carboxylic acids is 1. The van der Waals surface area contributed by atoms with Crippen LogP contribution < -0.4 is 0 Å². The molecule has 0 aliphatic heterocycles. The van der Waals surface area contributed by atoms with E-state index in [1.807, 2.05) is 6.92 Å². The molecule has 0 unspecified atom stereocenters. The number of rotatable bonds is 6. The van der Waals surface area contributed by atoms with E-state index in [0.717, 1.165) is 12.8 Å². The van der Waals surface area contributed by atoms with Crippen LogP contribution in [0.5, 0.6) is 0 Å². The molecule has 0 aromatic heterocycles. The van der Waals surface area contributed by atoms with Gasteiger partial charge in [-0.3, -0.25) is 0 Å². The maximum atomic E-state index is 10.3. The van der Waals surface area contributed by atoms with Crippen molar-refractivity contribution in [2.75, 3.05) is 13.7 Å². The van der Waals surface area contributed by atoms with Crippen molar-refractivity contribution in [3.63, 3.8) is 0 Å². The van der Waals surface area contributed by atoms with Gasteiger partial charge in [0.25, 0.3) is 0 Å². The van der Waals surface area contributed by atoms with E-state index in [1.54, 1.807) is 6.92 Å². The van der Waals surface area contributed by atoms with Gasteiger partial charge in [0.1, 0.15) is 0 Å². The summed E-state index contributed by atoms with van der Waals surface area (Å²) in [7, 11) is 1.33. The Morgan fingerprint density at radius 2 is 1.61 bits per heavy atom. The Hall–Kier alpha value is -1.37. The van der Waals surface area contributed by atoms with Crippen LogP contribution in [0.2, 0.25) is 0 Å². The molecular formula is C16H28NaO6. The largest absolute Gasteiger partial charge is 0.478 e. The zero-order valence-electron chi connectivity index (χ0n) is 14.8. The third-order valence-electron chi connectivity index (χ3n) is 1.81. The Balaban J connectivity index is -0.0000000737. The molecule has 0 fully saturated rings. The van der Waals surface area contributed by atoms with Crippen LogP contribution in [0.4, 0.5) is 0 Å². The van der Waals surface area contributed by atoms with Gasteiger partial charge in [-0.05, 0) is 20.3 Å². The minimum absolute atomic E-state index is 0. The molecule has 23 heavy (non-hydrogen) atoms. The minimum Gasteiger partial charge on any atom is -0.478 e. The molecular weight excluding hydrogens is 311 g/mol. The maximum absolute atomic E-state index is 10.3. The second kappa shape index (κ2) is 20.6. The van der Waals surface area contributed by atoms with E-state index < -0.39 is 5.97 Å². The number of carboxylic acid groups (broad SMARTS) is 1. The predicted octanol–water partition coefficient (Wildman–Crippen LogP) is 2.76. The third kappa shape index (κ3) is 29.3. The first-order chi connectivity index (χ1) is 10.1. The van der Waals surface area contributed by atoms with Gasteiger partial charge in [0, 0.05) is 48.2 Å². The molecule has 7 heteroatoms. The second-order valence-electron chi connectivity index (χ2n) is 4.08. The van der Waals surface area contributed by atoms with Crippen LogP contribution in [0.3, 0.4) is 0 Å². The van der Waals surface area contributed by atoms with Crippen molar-refractivity contribution in [3.05, 3.63) is 37.0 Å². The number of hydrogen-bond acceptors (Lipinski definition) is 5. The van der Waals surface area contributed by atoms with E-state index in [9.17, 15) is 14.4 Å². The number of ether oxygens (including phenoxy) is 2.